The number of thiazole rings is 1. The van der Waals surface area contributed by atoms with Gasteiger partial charge in [0.25, 0.3) is 0 Å². The van der Waals surface area contributed by atoms with Crippen LogP contribution >= 0.6 is 11.3 Å². The Hall–Kier alpha value is -2.03. The van der Waals surface area contributed by atoms with Crippen LogP contribution < -0.4 is 10.6 Å². The fourth-order valence-corrected chi connectivity index (χ4v) is 3.01. The normalized spacial score (nSPS) is 12.4. The van der Waals surface area contributed by atoms with Crippen LogP contribution in [0, 0.1) is 6.92 Å². The van der Waals surface area contributed by atoms with Crippen LogP contribution in [-0.4, -0.2) is 27.1 Å². The Morgan fingerprint density at radius 3 is 2.87 bits per heavy atom. The van der Waals surface area contributed by atoms with Crippen molar-refractivity contribution in [1.82, 2.24) is 25.2 Å². The number of aryl methyl sites for hydroxylation is 1. The van der Waals surface area contributed by atoms with Gasteiger partial charge in [-0.1, -0.05) is 6.92 Å². The van der Waals surface area contributed by atoms with Crippen molar-refractivity contribution in [2.45, 2.75) is 39.3 Å². The molecule has 2 amide bonds. The lowest BCUT2D eigenvalue weighted by Crippen LogP contribution is -2.38. The zero-order valence-corrected chi connectivity index (χ0v) is 13.7. The third kappa shape index (κ3) is 4.72. The summed E-state index contributed by atoms with van der Waals surface area (Å²) in [6.07, 6.45) is 3.49. The van der Waals surface area contributed by atoms with E-state index in [9.17, 15) is 13.6 Å². The molecule has 23 heavy (non-hydrogen) atoms. The van der Waals surface area contributed by atoms with Crippen LogP contribution in [0.25, 0.3) is 0 Å². The number of halogens is 2. The van der Waals surface area contributed by atoms with E-state index in [0.29, 0.717) is 0 Å². The first-order chi connectivity index (χ1) is 11.0. The van der Waals surface area contributed by atoms with Crippen LogP contribution in [0.3, 0.4) is 0 Å². The smallest absolute Gasteiger partial charge is 0.319 e. The van der Waals surface area contributed by atoms with Gasteiger partial charge in [0.15, 0.2) is 0 Å². The lowest BCUT2D eigenvalue weighted by Gasteiger charge is -2.15. The lowest BCUT2D eigenvalue weighted by atomic mass is 10.2. The summed E-state index contributed by atoms with van der Waals surface area (Å²) in [5.74, 6) is 0.239. The second-order valence-corrected chi connectivity index (χ2v) is 5.86. The highest BCUT2D eigenvalue weighted by Crippen LogP contribution is 2.20. The number of imidazole rings is 1. The molecule has 9 heteroatoms. The van der Waals surface area contributed by atoms with Crippen molar-refractivity contribution in [3.63, 3.8) is 0 Å². The highest BCUT2D eigenvalue weighted by molar-refractivity contribution is 7.09. The first kappa shape index (κ1) is 17.3. The summed E-state index contributed by atoms with van der Waals surface area (Å²) in [5.41, 5.74) is 0.921. The van der Waals surface area contributed by atoms with E-state index in [0.717, 1.165) is 21.7 Å². The van der Waals surface area contributed by atoms with Crippen LogP contribution in [0.4, 0.5) is 13.6 Å². The maximum Gasteiger partial charge on any atom is 0.319 e. The van der Waals surface area contributed by atoms with Gasteiger partial charge < -0.3 is 10.6 Å². The summed E-state index contributed by atoms with van der Waals surface area (Å²) in [5, 5.41) is 8.28. The molecule has 2 rings (SSSR count). The van der Waals surface area contributed by atoms with Crippen molar-refractivity contribution < 1.29 is 13.6 Å². The van der Waals surface area contributed by atoms with E-state index in [4.69, 9.17) is 0 Å². The second-order valence-electron chi connectivity index (χ2n) is 4.97. The molecule has 2 N–H and O–H groups in total. The van der Waals surface area contributed by atoms with Crippen molar-refractivity contribution in [2.75, 3.05) is 6.54 Å². The number of nitrogens with zero attached hydrogens (tertiary/aromatic N) is 3. The maximum atomic E-state index is 12.7. The lowest BCUT2D eigenvalue weighted by molar-refractivity contribution is 0.0670. The highest BCUT2D eigenvalue weighted by atomic mass is 32.1. The number of urea groups is 1. The fourth-order valence-electron chi connectivity index (χ4n) is 2.08. The van der Waals surface area contributed by atoms with Crippen LogP contribution in [0.15, 0.2) is 17.8 Å². The summed E-state index contributed by atoms with van der Waals surface area (Å²) in [6, 6.07) is -0.503. The Bertz CT molecular complexity index is 643. The van der Waals surface area contributed by atoms with E-state index >= 15 is 0 Å². The maximum absolute atomic E-state index is 12.7. The Labute approximate surface area is 136 Å². The molecule has 0 aliphatic rings. The minimum atomic E-state index is -2.63. The standard InChI is InChI=1S/C14H19F2N5OS/c1-3-10(12-19-9(2)8-23-12)20-14(22)18-5-4-11-17-6-7-21(11)13(15)16/h6-8,10,13H,3-5H2,1-2H3,(H2,18,20,22)/t10-/m0/s1. The third-order valence-corrected chi connectivity index (χ3v) is 4.32. The van der Waals surface area contributed by atoms with Crippen LogP contribution in [0.1, 0.15) is 42.5 Å². The third-order valence-electron chi connectivity index (χ3n) is 3.24. The minimum Gasteiger partial charge on any atom is -0.338 e. The number of rotatable bonds is 7. The molecule has 2 heterocycles. The topological polar surface area (TPSA) is 71.8 Å². The average Bonchev–Trinajstić information content (AvgIpc) is 3.13. The number of aromatic nitrogens is 3. The average molecular weight is 343 g/mol. The molecule has 6 nitrogen and oxygen atoms in total. The van der Waals surface area contributed by atoms with Gasteiger partial charge in [-0.3, -0.25) is 4.57 Å². The van der Waals surface area contributed by atoms with Gasteiger partial charge in [0, 0.05) is 36.4 Å². The number of amides is 2. The second kappa shape index (κ2) is 8.00. The summed E-state index contributed by atoms with van der Waals surface area (Å²) in [7, 11) is 0. The Morgan fingerprint density at radius 1 is 1.48 bits per heavy atom. The molecule has 0 radical (unpaired) electrons. The van der Waals surface area contributed by atoms with Gasteiger partial charge in [-0.2, -0.15) is 8.78 Å². The van der Waals surface area contributed by atoms with Gasteiger partial charge in [-0.25, -0.2) is 14.8 Å². The van der Waals surface area contributed by atoms with Gasteiger partial charge in [0.1, 0.15) is 10.8 Å². The Morgan fingerprint density at radius 2 is 2.26 bits per heavy atom. The first-order valence-electron chi connectivity index (χ1n) is 7.27. The number of alkyl halides is 2. The summed E-state index contributed by atoms with van der Waals surface area (Å²) in [6.45, 7) is 1.46. The molecule has 0 saturated carbocycles. The SMILES string of the molecule is CC[C@H](NC(=O)NCCc1nccn1C(F)F)c1nc(C)cs1. The molecule has 1 atom stereocenters. The van der Waals surface area contributed by atoms with Crippen LogP contribution in [-0.2, 0) is 6.42 Å². The molecule has 0 saturated heterocycles. The van der Waals surface area contributed by atoms with Gasteiger partial charge in [0.2, 0.25) is 0 Å². The van der Waals surface area contributed by atoms with E-state index in [1.807, 2.05) is 19.2 Å². The van der Waals surface area contributed by atoms with Crippen molar-refractivity contribution >= 4 is 17.4 Å². The highest BCUT2D eigenvalue weighted by Gasteiger charge is 2.16. The van der Waals surface area contributed by atoms with Crippen molar-refractivity contribution in [3.8, 4) is 0 Å². The first-order valence-corrected chi connectivity index (χ1v) is 8.15. The number of hydrogen-bond acceptors (Lipinski definition) is 4. The van der Waals surface area contributed by atoms with E-state index < -0.39 is 6.55 Å². The van der Waals surface area contributed by atoms with Gasteiger partial charge >= 0.3 is 12.6 Å². The van der Waals surface area contributed by atoms with Gasteiger partial charge in [-0.05, 0) is 13.3 Å². The van der Waals surface area contributed by atoms with E-state index in [2.05, 4.69) is 20.6 Å². The van der Waals surface area contributed by atoms with E-state index in [1.165, 1.54) is 23.7 Å². The molecule has 126 valence electrons. The van der Waals surface area contributed by atoms with Crippen molar-refractivity contribution in [1.29, 1.82) is 0 Å². The fraction of sp³-hybridized carbons (Fsp3) is 0.500. The van der Waals surface area contributed by atoms with Crippen molar-refractivity contribution in [3.05, 3.63) is 34.3 Å². The van der Waals surface area contributed by atoms with E-state index in [1.54, 1.807) is 0 Å². The number of nitrogens with one attached hydrogen (secondary N) is 2. The zero-order valence-electron chi connectivity index (χ0n) is 12.9. The molecule has 0 aliphatic carbocycles. The molecule has 0 spiro atoms. The molecular weight excluding hydrogens is 324 g/mol. The number of carbonyl (C=O) groups excluding carboxylic acids is 1. The van der Waals surface area contributed by atoms with Crippen molar-refractivity contribution in [2.24, 2.45) is 0 Å². The summed E-state index contributed by atoms with van der Waals surface area (Å²) in [4.78, 5) is 20.1. The quantitative estimate of drug-likeness (QED) is 0.812. The molecule has 2 aromatic rings. The predicted molar refractivity (Wildman–Crippen MR) is 83.6 cm³/mol. The van der Waals surface area contributed by atoms with E-state index in [-0.39, 0.29) is 30.9 Å². The Balaban J connectivity index is 1.81. The predicted octanol–water partition coefficient (Wildman–Crippen LogP) is 3.04. The zero-order chi connectivity index (χ0) is 16.8. The molecular formula is C14H19F2N5OS. The van der Waals surface area contributed by atoms with Gasteiger partial charge in [-0.15, -0.1) is 11.3 Å². The molecule has 0 aromatic carbocycles. The molecule has 0 bridgehead atoms. The van der Waals surface area contributed by atoms with Gasteiger partial charge in [0.05, 0.1) is 6.04 Å². The van der Waals surface area contributed by atoms with Crippen LogP contribution in [0.5, 0.6) is 0 Å². The molecule has 0 aliphatic heterocycles. The largest absolute Gasteiger partial charge is 0.338 e. The molecule has 0 unspecified atom stereocenters. The number of hydrogen-bond donors (Lipinski definition) is 2. The minimum absolute atomic E-state index is 0.156. The molecule has 2 aromatic heterocycles. The Kier molecular flexibility index (Phi) is 6.03. The summed E-state index contributed by atoms with van der Waals surface area (Å²) < 4.78 is 26.1. The summed E-state index contributed by atoms with van der Waals surface area (Å²) >= 11 is 1.50. The number of carbonyl (C=O) groups is 1. The van der Waals surface area contributed by atoms with Crippen LogP contribution in [0.2, 0.25) is 0 Å². The molecule has 0 fully saturated rings. The monoisotopic (exact) mass is 343 g/mol.